The van der Waals surface area contributed by atoms with Gasteiger partial charge in [-0.1, -0.05) is 0 Å². The number of Topliss-reactive ketones (excluding diaryl/α,β-unsaturated/α-hetero) is 1. The molecule has 0 amide bonds. The number of hydrogen-bond acceptors (Lipinski definition) is 5. The lowest BCUT2D eigenvalue weighted by Gasteiger charge is -2.08. The summed E-state index contributed by atoms with van der Waals surface area (Å²) < 4.78 is 9.21. The van der Waals surface area contributed by atoms with E-state index < -0.39 is 12.0 Å². The van der Waals surface area contributed by atoms with E-state index in [1.165, 1.54) is 7.11 Å². The SMILES string of the molecule is CCOC(=O)C(N)CC(=O)COC. The van der Waals surface area contributed by atoms with Crippen molar-refractivity contribution in [2.75, 3.05) is 20.3 Å². The van der Waals surface area contributed by atoms with Crippen molar-refractivity contribution in [2.45, 2.75) is 19.4 Å². The van der Waals surface area contributed by atoms with Crippen LogP contribution in [0.2, 0.25) is 0 Å². The molecule has 0 spiro atoms. The molecule has 76 valence electrons. The lowest BCUT2D eigenvalue weighted by Crippen LogP contribution is -2.35. The monoisotopic (exact) mass is 189 g/mol. The molecule has 0 fully saturated rings. The Bertz CT molecular complexity index is 181. The van der Waals surface area contributed by atoms with E-state index in [-0.39, 0.29) is 25.4 Å². The molecule has 0 rings (SSSR count). The fourth-order valence-corrected chi connectivity index (χ4v) is 0.798. The molecule has 0 saturated carbocycles. The summed E-state index contributed by atoms with van der Waals surface area (Å²) in [6.07, 6.45) is -0.0350. The summed E-state index contributed by atoms with van der Waals surface area (Å²) in [5.74, 6) is -0.755. The fourth-order valence-electron chi connectivity index (χ4n) is 0.798. The molecule has 0 saturated heterocycles. The molecule has 0 aliphatic heterocycles. The number of ether oxygens (including phenoxy) is 2. The topological polar surface area (TPSA) is 78.6 Å². The zero-order valence-corrected chi connectivity index (χ0v) is 7.91. The van der Waals surface area contributed by atoms with Crippen LogP contribution in [0, 0.1) is 0 Å². The highest BCUT2D eigenvalue weighted by Gasteiger charge is 2.17. The molecular formula is C8H15NO4. The van der Waals surface area contributed by atoms with E-state index in [2.05, 4.69) is 9.47 Å². The Labute approximate surface area is 77.2 Å². The van der Waals surface area contributed by atoms with Gasteiger partial charge in [0.25, 0.3) is 0 Å². The summed E-state index contributed by atoms with van der Waals surface area (Å²) in [7, 11) is 1.41. The Hall–Kier alpha value is -0.940. The Kier molecular flexibility index (Phi) is 6.09. The predicted octanol–water partition coefficient (Wildman–Crippen LogP) is -0.518. The van der Waals surface area contributed by atoms with Gasteiger partial charge in [-0.2, -0.15) is 0 Å². The van der Waals surface area contributed by atoms with Crippen molar-refractivity contribution >= 4 is 11.8 Å². The second kappa shape index (κ2) is 6.56. The van der Waals surface area contributed by atoms with Gasteiger partial charge in [-0.15, -0.1) is 0 Å². The molecule has 1 unspecified atom stereocenters. The molecule has 5 heteroatoms. The summed E-state index contributed by atoms with van der Waals surface area (Å²) >= 11 is 0. The van der Waals surface area contributed by atoms with Crippen LogP contribution in [0.5, 0.6) is 0 Å². The van der Waals surface area contributed by atoms with Crippen LogP contribution in [-0.2, 0) is 19.1 Å². The van der Waals surface area contributed by atoms with Crippen LogP contribution in [-0.4, -0.2) is 38.1 Å². The highest BCUT2D eigenvalue weighted by molar-refractivity contribution is 5.86. The van der Waals surface area contributed by atoms with Gasteiger partial charge in [-0.05, 0) is 6.92 Å². The standard InChI is InChI=1S/C8H15NO4/c1-3-13-8(11)7(9)4-6(10)5-12-2/h7H,3-5,9H2,1-2H3. The quantitative estimate of drug-likeness (QED) is 0.569. The smallest absolute Gasteiger partial charge is 0.323 e. The van der Waals surface area contributed by atoms with Gasteiger partial charge >= 0.3 is 5.97 Å². The molecule has 2 N–H and O–H groups in total. The number of carbonyl (C=O) groups is 2. The number of ketones is 1. The van der Waals surface area contributed by atoms with Crippen molar-refractivity contribution < 1.29 is 19.1 Å². The second-order valence-electron chi connectivity index (χ2n) is 2.53. The first-order chi connectivity index (χ1) is 6.11. The Morgan fingerprint density at radius 3 is 2.54 bits per heavy atom. The number of hydrogen-bond donors (Lipinski definition) is 1. The van der Waals surface area contributed by atoms with E-state index in [0.29, 0.717) is 0 Å². The molecule has 1 atom stereocenters. The first-order valence-electron chi connectivity index (χ1n) is 4.04. The molecule has 0 aliphatic rings. The van der Waals surface area contributed by atoms with Gasteiger partial charge in [0.05, 0.1) is 6.61 Å². The zero-order valence-electron chi connectivity index (χ0n) is 7.91. The highest BCUT2D eigenvalue weighted by Crippen LogP contribution is 1.94. The predicted molar refractivity (Wildman–Crippen MR) is 46.1 cm³/mol. The third-order valence-electron chi connectivity index (χ3n) is 1.34. The van der Waals surface area contributed by atoms with Gasteiger partial charge in [-0.25, -0.2) is 0 Å². The van der Waals surface area contributed by atoms with Crippen LogP contribution in [0.3, 0.4) is 0 Å². The third-order valence-corrected chi connectivity index (χ3v) is 1.34. The number of nitrogens with two attached hydrogens (primary N) is 1. The number of carbonyl (C=O) groups excluding carboxylic acids is 2. The van der Waals surface area contributed by atoms with E-state index in [9.17, 15) is 9.59 Å². The van der Waals surface area contributed by atoms with Crippen LogP contribution in [0.15, 0.2) is 0 Å². The van der Waals surface area contributed by atoms with Crippen LogP contribution in [0.4, 0.5) is 0 Å². The first kappa shape index (κ1) is 12.1. The summed E-state index contributed by atoms with van der Waals surface area (Å²) in [4.78, 5) is 21.9. The Morgan fingerprint density at radius 1 is 1.46 bits per heavy atom. The summed E-state index contributed by atoms with van der Waals surface area (Å²) in [5.41, 5.74) is 5.38. The van der Waals surface area contributed by atoms with E-state index in [0.717, 1.165) is 0 Å². The molecule has 13 heavy (non-hydrogen) atoms. The van der Waals surface area contributed by atoms with Crippen molar-refractivity contribution in [1.29, 1.82) is 0 Å². The van der Waals surface area contributed by atoms with Crippen molar-refractivity contribution in [3.05, 3.63) is 0 Å². The lowest BCUT2D eigenvalue weighted by molar-refractivity contribution is -0.146. The van der Waals surface area contributed by atoms with E-state index in [1.54, 1.807) is 6.92 Å². The third kappa shape index (κ3) is 5.32. The van der Waals surface area contributed by atoms with Gasteiger partial charge < -0.3 is 15.2 Å². The molecular weight excluding hydrogens is 174 g/mol. The highest BCUT2D eigenvalue weighted by atomic mass is 16.5. The van der Waals surface area contributed by atoms with Crippen molar-refractivity contribution in [2.24, 2.45) is 5.73 Å². The van der Waals surface area contributed by atoms with Gasteiger partial charge in [0.1, 0.15) is 12.6 Å². The molecule has 0 heterocycles. The van der Waals surface area contributed by atoms with Crippen molar-refractivity contribution in [1.82, 2.24) is 0 Å². The molecule has 0 aliphatic carbocycles. The molecule has 0 aromatic carbocycles. The fraction of sp³-hybridized carbons (Fsp3) is 0.750. The number of rotatable bonds is 6. The van der Waals surface area contributed by atoms with Crippen molar-refractivity contribution in [3.8, 4) is 0 Å². The van der Waals surface area contributed by atoms with Crippen LogP contribution >= 0.6 is 0 Å². The van der Waals surface area contributed by atoms with E-state index >= 15 is 0 Å². The summed E-state index contributed by atoms with van der Waals surface area (Å²) in [6.45, 7) is 1.93. The maximum atomic E-state index is 10.9. The largest absolute Gasteiger partial charge is 0.465 e. The van der Waals surface area contributed by atoms with Crippen molar-refractivity contribution in [3.63, 3.8) is 0 Å². The van der Waals surface area contributed by atoms with E-state index in [4.69, 9.17) is 5.73 Å². The van der Waals surface area contributed by atoms with Gasteiger partial charge in [0.15, 0.2) is 5.78 Å². The molecule has 0 radical (unpaired) electrons. The normalized spacial score (nSPS) is 12.2. The van der Waals surface area contributed by atoms with Crippen LogP contribution in [0.1, 0.15) is 13.3 Å². The van der Waals surface area contributed by atoms with Gasteiger partial charge in [-0.3, -0.25) is 9.59 Å². The summed E-state index contributed by atoms with van der Waals surface area (Å²) in [6, 6.07) is -0.873. The maximum Gasteiger partial charge on any atom is 0.323 e. The molecule has 5 nitrogen and oxygen atoms in total. The first-order valence-corrected chi connectivity index (χ1v) is 4.04. The lowest BCUT2D eigenvalue weighted by atomic mass is 10.1. The Morgan fingerprint density at radius 2 is 2.08 bits per heavy atom. The molecule has 0 aromatic rings. The number of esters is 1. The van der Waals surface area contributed by atoms with Gasteiger partial charge in [0.2, 0.25) is 0 Å². The number of methoxy groups -OCH3 is 1. The minimum Gasteiger partial charge on any atom is -0.465 e. The zero-order chi connectivity index (χ0) is 10.3. The van der Waals surface area contributed by atoms with E-state index in [1.807, 2.05) is 0 Å². The summed E-state index contributed by atoms with van der Waals surface area (Å²) in [5, 5.41) is 0. The minimum atomic E-state index is -0.873. The van der Waals surface area contributed by atoms with Crippen LogP contribution < -0.4 is 5.73 Å². The Balaban J connectivity index is 3.78. The van der Waals surface area contributed by atoms with Crippen LogP contribution in [0.25, 0.3) is 0 Å². The average Bonchev–Trinajstić information content (AvgIpc) is 2.05. The maximum absolute atomic E-state index is 10.9. The second-order valence-corrected chi connectivity index (χ2v) is 2.53. The minimum absolute atomic E-state index is 0.0207. The average molecular weight is 189 g/mol. The molecule has 0 bridgehead atoms. The van der Waals surface area contributed by atoms with Gasteiger partial charge in [0, 0.05) is 13.5 Å². The molecule has 0 aromatic heterocycles.